The summed E-state index contributed by atoms with van der Waals surface area (Å²) < 4.78 is 87.3. The first-order chi connectivity index (χ1) is 9.87. The first-order valence-electron chi connectivity index (χ1n) is 5.18. The van der Waals surface area contributed by atoms with E-state index >= 15 is 0 Å². The van der Waals surface area contributed by atoms with Gasteiger partial charge < -0.3 is 0 Å². The molecule has 0 bridgehead atoms. The lowest BCUT2D eigenvalue weighted by Gasteiger charge is -2.06. The highest BCUT2D eigenvalue weighted by molar-refractivity contribution is 7.91. The van der Waals surface area contributed by atoms with Gasteiger partial charge in [-0.1, -0.05) is 0 Å². The van der Waals surface area contributed by atoms with Crippen LogP contribution in [0.4, 0.5) is 5.69 Å². The average molecular weight is 373 g/mol. The predicted octanol–water partition coefficient (Wildman–Crippen LogP) is -0.590. The topological polar surface area (TPSA) is 187 Å². The van der Waals surface area contributed by atoms with Crippen molar-refractivity contribution in [1.82, 2.24) is 5.53 Å². The van der Waals surface area contributed by atoms with Crippen molar-refractivity contribution in [1.29, 1.82) is 0 Å². The van der Waals surface area contributed by atoms with Crippen LogP contribution in [0.2, 0.25) is 0 Å². The van der Waals surface area contributed by atoms with Gasteiger partial charge in [-0.15, -0.1) is 5.11 Å². The van der Waals surface area contributed by atoms with Crippen molar-refractivity contribution >= 4 is 36.0 Å². The maximum atomic E-state index is 11.9. The quantitative estimate of drug-likeness (QED) is 0.465. The third kappa shape index (κ3) is 5.08. The molecule has 1 aromatic carbocycles. The van der Waals surface area contributed by atoms with E-state index < -0.39 is 58.2 Å². The van der Waals surface area contributed by atoms with Gasteiger partial charge in [-0.2, -0.15) is 16.8 Å². The average Bonchev–Trinajstić information content (AvgIpc) is 2.35. The minimum Gasteiger partial charge on any atom is -0.282 e. The van der Waals surface area contributed by atoms with Crippen LogP contribution in [0.5, 0.6) is 0 Å². The van der Waals surface area contributed by atoms with Gasteiger partial charge >= 0.3 is 10.4 Å². The molecule has 0 aliphatic rings. The van der Waals surface area contributed by atoms with E-state index in [4.69, 9.17) is 14.6 Å². The lowest BCUT2D eigenvalue weighted by atomic mass is 10.3. The monoisotopic (exact) mass is 373 g/mol. The van der Waals surface area contributed by atoms with Crippen LogP contribution in [0.15, 0.2) is 33.1 Å². The minimum absolute atomic E-state index is 0.508. The van der Waals surface area contributed by atoms with Crippen molar-refractivity contribution in [3.63, 3.8) is 0 Å². The summed E-state index contributed by atoms with van der Waals surface area (Å²) in [5, 5.41) is 2.56. The molecule has 22 heavy (non-hydrogen) atoms. The Bertz CT molecular complexity index is 887. The lowest BCUT2D eigenvalue weighted by Crippen LogP contribution is -2.15. The molecule has 0 amide bonds. The van der Waals surface area contributed by atoms with Crippen LogP contribution in [0.1, 0.15) is 0 Å². The van der Waals surface area contributed by atoms with Crippen LogP contribution in [-0.2, 0) is 34.5 Å². The van der Waals surface area contributed by atoms with Gasteiger partial charge in [0, 0.05) is 0 Å². The summed E-state index contributed by atoms with van der Waals surface area (Å²) in [5.41, 5.74) is 7.95. The second-order valence-electron chi connectivity index (χ2n) is 3.77. The summed E-state index contributed by atoms with van der Waals surface area (Å²) >= 11 is 0. The number of hydrogen-bond donors (Lipinski definition) is 2. The molecule has 0 fully saturated rings. The molecule has 2 N–H and O–H groups in total. The van der Waals surface area contributed by atoms with Crippen LogP contribution in [0, 0.1) is 0 Å². The Morgan fingerprint density at radius 1 is 1.09 bits per heavy atom. The molecule has 0 saturated carbocycles. The summed E-state index contributed by atoms with van der Waals surface area (Å²) in [7, 11) is -13.7. The van der Waals surface area contributed by atoms with Crippen molar-refractivity contribution in [2.75, 3.05) is 12.4 Å². The molecule has 1 rings (SSSR count). The van der Waals surface area contributed by atoms with Gasteiger partial charge in [0.15, 0.2) is 9.84 Å². The van der Waals surface area contributed by atoms with Gasteiger partial charge in [0.25, 0.3) is 10.1 Å². The first kappa shape index (κ1) is 18.6. The zero-order valence-electron chi connectivity index (χ0n) is 10.5. The normalized spacial score (nSPS) is 13.0. The molecule has 1 aromatic rings. The maximum Gasteiger partial charge on any atom is 0.397 e. The summed E-state index contributed by atoms with van der Waals surface area (Å²) in [6.07, 6.45) is 0. The van der Waals surface area contributed by atoms with E-state index in [1.54, 1.807) is 0 Å². The molecule has 1 radical (unpaired) electrons. The standard InChI is InChI=1S/C8H9N2O9S3/c9-10-7-5-6(1-2-8(7)21(13,14)15)20(11,12)4-3-19-22(16,17)18/h1-2,5H,3-4H2,(H,13,14,15)(H,16,17,18). The minimum atomic E-state index is -4.80. The van der Waals surface area contributed by atoms with Crippen molar-refractivity contribution in [3.8, 4) is 0 Å². The fourth-order valence-electron chi connectivity index (χ4n) is 1.35. The third-order valence-electron chi connectivity index (χ3n) is 2.26. The molecule has 0 unspecified atom stereocenters. The van der Waals surface area contributed by atoms with Crippen LogP contribution >= 0.6 is 0 Å². The Hall–Kier alpha value is -1.45. The molecule has 123 valence electrons. The van der Waals surface area contributed by atoms with Gasteiger partial charge in [0.05, 0.1) is 17.3 Å². The Labute approximate surface area is 126 Å². The zero-order chi connectivity index (χ0) is 17.2. The van der Waals surface area contributed by atoms with Crippen LogP contribution < -0.4 is 5.53 Å². The van der Waals surface area contributed by atoms with Crippen molar-refractivity contribution in [3.05, 3.63) is 18.2 Å². The highest BCUT2D eigenvalue weighted by Crippen LogP contribution is 2.27. The highest BCUT2D eigenvalue weighted by atomic mass is 32.3. The predicted molar refractivity (Wildman–Crippen MR) is 70.0 cm³/mol. The first-order valence-corrected chi connectivity index (χ1v) is 9.64. The zero-order valence-corrected chi connectivity index (χ0v) is 13.0. The molecular weight excluding hydrogens is 364 g/mol. The summed E-state index contributed by atoms with van der Waals surface area (Å²) in [6, 6.07) is 2.16. The van der Waals surface area contributed by atoms with Crippen molar-refractivity contribution < 1.29 is 38.5 Å². The van der Waals surface area contributed by atoms with E-state index in [0.29, 0.717) is 12.1 Å². The molecule has 0 atom stereocenters. The van der Waals surface area contributed by atoms with Gasteiger partial charge in [-0.25, -0.2) is 12.6 Å². The number of hydrogen-bond acceptors (Lipinski definition) is 8. The lowest BCUT2D eigenvalue weighted by molar-refractivity contribution is 0.284. The van der Waals surface area contributed by atoms with E-state index in [2.05, 4.69) is 9.30 Å². The SMILES string of the molecule is [N]=Nc1cc(S(=O)(=O)CCOS(=O)(=O)O)ccc1S(=O)(=O)O. The molecule has 11 nitrogen and oxygen atoms in total. The van der Waals surface area contributed by atoms with Gasteiger partial charge in [-0.3, -0.25) is 9.11 Å². The molecule has 0 heterocycles. The molecule has 14 heteroatoms. The Morgan fingerprint density at radius 2 is 1.68 bits per heavy atom. The van der Waals surface area contributed by atoms with Crippen LogP contribution in [-0.4, -0.2) is 46.7 Å². The summed E-state index contributed by atoms with van der Waals surface area (Å²) in [6.45, 7) is -0.882. The molecule has 0 aliphatic heterocycles. The summed E-state index contributed by atoms with van der Waals surface area (Å²) in [4.78, 5) is -1.32. The van der Waals surface area contributed by atoms with Gasteiger partial charge in [0.2, 0.25) is 0 Å². The van der Waals surface area contributed by atoms with E-state index in [0.717, 1.165) is 6.07 Å². The van der Waals surface area contributed by atoms with Crippen molar-refractivity contribution in [2.24, 2.45) is 5.11 Å². The number of rotatable bonds is 7. The Balaban J connectivity index is 3.14. The van der Waals surface area contributed by atoms with Crippen LogP contribution in [0.3, 0.4) is 0 Å². The Morgan fingerprint density at radius 3 is 2.14 bits per heavy atom. The van der Waals surface area contributed by atoms with E-state index in [1.807, 2.05) is 0 Å². The smallest absolute Gasteiger partial charge is 0.282 e. The van der Waals surface area contributed by atoms with E-state index in [1.165, 1.54) is 0 Å². The van der Waals surface area contributed by atoms with E-state index in [9.17, 15) is 25.3 Å². The molecule has 0 spiro atoms. The molecular formula is C8H9N2O9S3. The second-order valence-corrected chi connectivity index (χ2v) is 8.36. The fourth-order valence-corrected chi connectivity index (χ4v) is 3.46. The molecule has 0 aliphatic carbocycles. The van der Waals surface area contributed by atoms with Gasteiger partial charge in [0.1, 0.15) is 10.6 Å². The highest BCUT2D eigenvalue weighted by Gasteiger charge is 2.21. The molecule has 0 aromatic heterocycles. The number of benzene rings is 1. The van der Waals surface area contributed by atoms with Gasteiger partial charge in [-0.05, 0) is 23.7 Å². The largest absolute Gasteiger partial charge is 0.397 e. The van der Waals surface area contributed by atoms with Crippen LogP contribution in [0.25, 0.3) is 0 Å². The van der Waals surface area contributed by atoms with E-state index in [-0.39, 0.29) is 0 Å². The van der Waals surface area contributed by atoms with Crippen molar-refractivity contribution in [2.45, 2.75) is 9.79 Å². The third-order valence-corrected chi connectivity index (χ3v) is 5.30. The Kier molecular flexibility index (Phi) is 5.37. The maximum absolute atomic E-state index is 11.9. The fraction of sp³-hybridized carbons (Fsp3) is 0.250. The summed E-state index contributed by atoms with van der Waals surface area (Å²) in [5.74, 6) is -0.858. The second kappa shape index (κ2) is 6.35. The number of nitrogens with zero attached hydrogens (tertiary/aromatic N) is 2. The molecule has 0 saturated heterocycles. The number of sulfone groups is 1.